The average molecular weight is 252 g/mol. The predicted octanol–water partition coefficient (Wildman–Crippen LogP) is 1.78. The van der Waals surface area contributed by atoms with E-state index in [0.29, 0.717) is 0 Å². The number of hydrogen-bond acceptors (Lipinski definition) is 4. The van der Waals surface area contributed by atoms with Gasteiger partial charge in [-0.2, -0.15) is 0 Å². The summed E-state index contributed by atoms with van der Waals surface area (Å²) in [6.07, 6.45) is -0.219. The van der Waals surface area contributed by atoms with Gasteiger partial charge in [-0.3, -0.25) is 14.4 Å². The lowest BCUT2D eigenvalue weighted by Gasteiger charge is -2.11. The van der Waals surface area contributed by atoms with E-state index in [1.54, 1.807) is 0 Å². The zero-order valence-electron chi connectivity index (χ0n) is 10.1. The van der Waals surface area contributed by atoms with E-state index in [0.717, 1.165) is 19.2 Å². The number of Topliss-reactive ketones (excluding diaryl/α,β-unsaturated/α-hetero) is 2. The Morgan fingerprint density at radius 1 is 1.22 bits per heavy atom. The summed E-state index contributed by atoms with van der Waals surface area (Å²) < 4.78 is 17.2. The van der Waals surface area contributed by atoms with Crippen LogP contribution in [0.1, 0.15) is 23.7 Å². The fraction of sp³-hybridized carbons (Fsp3) is 0.308. The van der Waals surface area contributed by atoms with E-state index in [9.17, 15) is 18.8 Å². The summed E-state index contributed by atoms with van der Waals surface area (Å²) in [5.74, 6) is -3.25. The van der Waals surface area contributed by atoms with Gasteiger partial charge in [0.25, 0.3) is 0 Å². The number of hydrogen-bond donors (Lipinski definition) is 0. The molecule has 0 aromatic heterocycles. The highest BCUT2D eigenvalue weighted by Crippen LogP contribution is 2.15. The van der Waals surface area contributed by atoms with Crippen molar-refractivity contribution in [2.45, 2.75) is 13.3 Å². The number of carbonyl (C=O) groups is 3. The monoisotopic (exact) mass is 252 g/mol. The van der Waals surface area contributed by atoms with Gasteiger partial charge in [0.2, 0.25) is 0 Å². The number of benzene rings is 1. The van der Waals surface area contributed by atoms with Crippen molar-refractivity contribution in [3.8, 4) is 0 Å². The summed E-state index contributed by atoms with van der Waals surface area (Å²) in [7, 11) is 1.15. The molecule has 0 amide bonds. The van der Waals surface area contributed by atoms with Gasteiger partial charge < -0.3 is 4.74 Å². The van der Waals surface area contributed by atoms with Crippen LogP contribution >= 0.6 is 0 Å². The highest BCUT2D eigenvalue weighted by atomic mass is 19.1. The van der Waals surface area contributed by atoms with Gasteiger partial charge in [0.1, 0.15) is 17.5 Å². The first-order valence-corrected chi connectivity index (χ1v) is 5.32. The van der Waals surface area contributed by atoms with E-state index in [2.05, 4.69) is 4.74 Å². The Labute approximate surface area is 104 Å². The number of ketones is 2. The van der Waals surface area contributed by atoms with Crippen LogP contribution in [0.15, 0.2) is 24.3 Å². The SMILES string of the molecule is COC(=O)C(CC(C)=O)C(=O)c1ccc(F)cc1. The van der Waals surface area contributed by atoms with E-state index < -0.39 is 23.5 Å². The van der Waals surface area contributed by atoms with Crippen molar-refractivity contribution >= 4 is 17.5 Å². The molecule has 1 rings (SSSR count). The molecule has 1 atom stereocenters. The number of ether oxygens (including phenoxy) is 1. The first-order chi connectivity index (χ1) is 8.45. The maximum absolute atomic E-state index is 12.7. The number of halogens is 1. The topological polar surface area (TPSA) is 60.4 Å². The highest BCUT2D eigenvalue weighted by molar-refractivity contribution is 6.10. The molecular weight excluding hydrogens is 239 g/mol. The van der Waals surface area contributed by atoms with Gasteiger partial charge in [0.15, 0.2) is 5.78 Å². The van der Waals surface area contributed by atoms with Crippen LogP contribution < -0.4 is 0 Å². The molecule has 0 saturated carbocycles. The standard InChI is InChI=1S/C13H13FO4/c1-8(15)7-11(13(17)18-2)12(16)9-3-5-10(14)6-4-9/h3-6,11H,7H2,1-2H3. The predicted molar refractivity (Wildman–Crippen MR) is 61.5 cm³/mol. The quantitative estimate of drug-likeness (QED) is 0.455. The van der Waals surface area contributed by atoms with Crippen LogP contribution in [0.5, 0.6) is 0 Å². The van der Waals surface area contributed by atoms with Crippen LogP contribution in [-0.2, 0) is 14.3 Å². The molecule has 0 aliphatic carbocycles. The van der Waals surface area contributed by atoms with Crippen molar-refractivity contribution < 1.29 is 23.5 Å². The Morgan fingerprint density at radius 2 is 1.78 bits per heavy atom. The number of rotatable bonds is 5. The van der Waals surface area contributed by atoms with E-state index in [-0.39, 0.29) is 17.8 Å². The fourth-order valence-corrected chi connectivity index (χ4v) is 1.53. The molecule has 18 heavy (non-hydrogen) atoms. The fourth-order valence-electron chi connectivity index (χ4n) is 1.53. The van der Waals surface area contributed by atoms with Crippen LogP contribution in [0.25, 0.3) is 0 Å². The normalized spacial score (nSPS) is 11.7. The average Bonchev–Trinajstić information content (AvgIpc) is 2.35. The first kappa shape index (κ1) is 14.0. The second-order valence-electron chi connectivity index (χ2n) is 3.85. The molecule has 0 saturated heterocycles. The molecule has 0 fully saturated rings. The molecule has 5 heteroatoms. The van der Waals surface area contributed by atoms with E-state index in [4.69, 9.17) is 0 Å². The summed E-state index contributed by atoms with van der Waals surface area (Å²) in [5, 5.41) is 0. The molecule has 96 valence electrons. The minimum Gasteiger partial charge on any atom is -0.468 e. The molecule has 1 aromatic carbocycles. The molecular formula is C13H13FO4. The van der Waals surface area contributed by atoms with Crippen molar-refractivity contribution in [1.29, 1.82) is 0 Å². The van der Waals surface area contributed by atoms with Gasteiger partial charge in [0, 0.05) is 12.0 Å². The van der Waals surface area contributed by atoms with E-state index in [1.807, 2.05) is 0 Å². The minimum absolute atomic E-state index is 0.174. The number of carbonyl (C=O) groups excluding carboxylic acids is 3. The van der Waals surface area contributed by atoms with Gasteiger partial charge in [0.05, 0.1) is 7.11 Å². The van der Waals surface area contributed by atoms with Gasteiger partial charge >= 0.3 is 5.97 Å². The molecule has 0 heterocycles. The lowest BCUT2D eigenvalue weighted by atomic mass is 9.93. The van der Waals surface area contributed by atoms with Gasteiger partial charge in [-0.25, -0.2) is 4.39 Å². The first-order valence-electron chi connectivity index (χ1n) is 5.32. The van der Waals surface area contributed by atoms with Crippen molar-refractivity contribution in [3.63, 3.8) is 0 Å². The van der Waals surface area contributed by atoms with Crippen LogP contribution in [0.4, 0.5) is 4.39 Å². The maximum atomic E-state index is 12.7. The Bertz CT molecular complexity index is 464. The van der Waals surface area contributed by atoms with E-state index in [1.165, 1.54) is 19.1 Å². The Kier molecular flexibility index (Phi) is 4.71. The molecule has 0 spiro atoms. The van der Waals surface area contributed by atoms with Gasteiger partial charge in [-0.05, 0) is 31.2 Å². The van der Waals surface area contributed by atoms with Crippen LogP contribution in [-0.4, -0.2) is 24.6 Å². The third-order valence-electron chi connectivity index (χ3n) is 2.42. The molecule has 0 aliphatic heterocycles. The Balaban J connectivity index is 2.98. The summed E-state index contributed by atoms with van der Waals surface area (Å²) in [6, 6.07) is 4.78. The second-order valence-corrected chi connectivity index (χ2v) is 3.85. The lowest BCUT2D eigenvalue weighted by Crippen LogP contribution is -2.27. The molecule has 1 aromatic rings. The number of methoxy groups -OCH3 is 1. The summed E-state index contributed by atoms with van der Waals surface area (Å²) in [5.41, 5.74) is 0.174. The van der Waals surface area contributed by atoms with Crippen molar-refractivity contribution in [3.05, 3.63) is 35.6 Å². The largest absolute Gasteiger partial charge is 0.468 e. The summed E-state index contributed by atoms with van der Waals surface area (Å²) >= 11 is 0. The minimum atomic E-state index is -1.17. The van der Waals surface area contributed by atoms with Gasteiger partial charge in [-0.1, -0.05) is 0 Å². The maximum Gasteiger partial charge on any atom is 0.317 e. The highest BCUT2D eigenvalue weighted by Gasteiger charge is 2.29. The smallest absolute Gasteiger partial charge is 0.317 e. The van der Waals surface area contributed by atoms with E-state index >= 15 is 0 Å². The van der Waals surface area contributed by atoms with Crippen molar-refractivity contribution in [2.75, 3.05) is 7.11 Å². The Hall–Kier alpha value is -2.04. The molecule has 1 unspecified atom stereocenters. The van der Waals surface area contributed by atoms with Crippen LogP contribution in [0.3, 0.4) is 0 Å². The molecule has 0 aliphatic rings. The molecule has 0 N–H and O–H groups in total. The molecule has 4 nitrogen and oxygen atoms in total. The lowest BCUT2D eigenvalue weighted by molar-refractivity contribution is -0.145. The van der Waals surface area contributed by atoms with Gasteiger partial charge in [-0.15, -0.1) is 0 Å². The third kappa shape index (κ3) is 3.48. The zero-order valence-corrected chi connectivity index (χ0v) is 10.1. The zero-order chi connectivity index (χ0) is 13.7. The summed E-state index contributed by atoms with van der Waals surface area (Å²) in [4.78, 5) is 34.5. The molecule has 0 radical (unpaired) electrons. The summed E-state index contributed by atoms with van der Waals surface area (Å²) in [6.45, 7) is 1.29. The van der Waals surface area contributed by atoms with Crippen molar-refractivity contribution in [2.24, 2.45) is 5.92 Å². The Morgan fingerprint density at radius 3 is 2.22 bits per heavy atom. The third-order valence-corrected chi connectivity index (χ3v) is 2.42. The van der Waals surface area contributed by atoms with Crippen LogP contribution in [0.2, 0.25) is 0 Å². The van der Waals surface area contributed by atoms with Crippen molar-refractivity contribution in [1.82, 2.24) is 0 Å². The number of esters is 1. The van der Waals surface area contributed by atoms with Crippen LogP contribution in [0, 0.1) is 11.7 Å². The molecule has 0 bridgehead atoms. The second kappa shape index (κ2) is 6.05.